The fourth-order valence-corrected chi connectivity index (χ4v) is 2.25. The van der Waals surface area contributed by atoms with E-state index in [1.54, 1.807) is 5.56 Å². The maximum Gasteiger partial charge on any atom is -0.00993 e. The van der Waals surface area contributed by atoms with Crippen molar-refractivity contribution in [3.05, 3.63) is 35.4 Å². The third-order valence-corrected chi connectivity index (χ3v) is 3.45. The molecule has 2 saturated carbocycles. The van der Waals surface area contributed by atoms with Crippen LogP contribution in [0.2, 0.25) is 0 Å². The average molecular weight is 158 g/mol. The topological polar surface area (TPSA) is 0 Å². The van der Waals surface area contributed by atoms with Gasteiger partial charge in [0.2, 0.25) is 0 Å². The van der Waals surface area contributed by atoms with Gasteiger partial charge in [-0.1, -0.05) is 31.2 Å². The number of fused-ring (bicyclic) bond motifs is 1. The maximum atomic E-state index is 2.33. The highest BCUT2D eigenvalue weighted by atomic mass is 14.7. The van der Waals surface area contributed by atoms with Gasteiger partial charge in [-0.3, -0.25) is 0 Å². The second-order valence-corrected chi connectivity index (χ2v) is 4.18. The van der Waals surface area contributed by atoms with E-state index in [0.717, 1.165) is 24.2 Å². The number of hydrogen-bond acceptors (Lipinski definition) is 0. The van der Waals surface area contributed by atoms with Crippen LogP contribution in [0.25, 0.3) is 0 Å². The van der Waals surface area contributed by atoms with E-state index < -0.39 is 0 Å². The van der Waals surface area contributed by atoms with Gasteiger partial charge in [0.25, 0.3) is 0 Å². The van der Waals surface area contributed by atoms with Gasteiger partial charge in [-0.05, 0) is 41.7 Å². The number of benzene rings is 1. The third-order valence-electron chi connectivity index (χ3n) is 3.45. The lowest BCUT2D eigenvalue weighted by atomic mass is 10.0. The Morgan fingerprint density at radius 1 is 1.17 bits per heavy atom. The fourth-order valence-electron chi connectivity index (χ4n) is 2.25. The van der Waals surface area contributed by atoms with E-state index in [-0.39, 0.29) is 0 Å². The number of rotatable bonds is 2. The first-order chi connectivity index (χ1) is 5.90. The molecule has 0 saturated heterocycles. The quantitative estimate of drug-likeness (QED) is 0.620. The van der Waals surface area contributed by atoms with E-state index in [0.29, 0.717) is 0 Å². The van der Waals surface area contributed by atoms with Gasteiger partial charge in [-0.2, -0.15) is 0 Å². The molecule has 2 fully saturated rings. The molecule has 2 unspecified atom stereocenters. The Morgan fingerprint density at radius 3 is 2.25 bits per heavy atom. The van der Waals surface area contributed by atoms with Crippen LogP contribution in [-0.2, 0) is 6.42 Å². The van der Waals surface area contributed by atoms with Crippen LogP contribution in [0.15, 0.2) is 24.3 Å². The molecule has 2 aliphatic carbocycles. The first-order valence-corrected chi connectivity index (χ1v) is 4.99. The zero-order valence-electron chi connectivity index (χ0n) is 7.46. The molecule has 0 N–H and O–H groups in total. The second kappa shape index (κ2) is 2.12. The minimum absolute atomic E-state index is 0.968. The Kier molecular flexibility index (Phi) is 1.19. The van der Waals surface area contributed by atoms with Crippen LogP contribution < -0.4 is 0 Å². The molecule has 0 heterocycles. The average Bonchev–Trinajstić information content (AvgIpc) is 2.94. The van der Waals surface area contributed by atoms with E-state index in [2.05, 4.69) is 31.2 Å². The van der Waals surface area contributed by atoms with Crippen molar-refractivity contribution in [1.82, 2.24) is 0 Å². The molecular weight excluding hydrogens is 144 g/mol. The highest BCUT2D eigenvalue weighted by molar-refractivity contribution is 5.36. The third kappa shape index (κ3) is 0.841. The van der Waals surface area contributed by atoms with E-state index in [1.807, 2.05) is 0 Å². The maximum absolute atomic E-state index is 2.33. The van der Waals surface area contributed by atoms with Crippen molar-refractivity contribution in [3.8, 4) is 0 Å². The molecule has 1 aromatic carbocycles. The predicted molar refractivity (Wildman–Crippen MR) is 50.2 cm³/mol. The fraction of sp³-hybridized carbons (Fsp3) is 0.500. The van der Waals surface area contributed by atoms with Crippen LogP contribution in [0, 0.1) is 11.8 Å². The SMILES string of the molecule is CCc1ccc(C2C3CC32)cc1. The van der Waals surface area contributed by atoms with Gasteiger partial charge < -0.3 is 0 Å². The summed E-state index contributed by atoms with van der Waals surface area (Å²) in [5, 5.41) is 0. The van der Waals surface area contributed by atoms with Crippen molar-refractivity contribution in [2.24, 2.45) is 11.8 Å². The highest BCUT2D eigenvalue weighted by Crippen LogP contribution is 2.73. The minimum Gasteiger partial charge on any atom is -0.0613 e. The molecule has 0 spiro atoms. The van der Waals surface area contributed by atoms with Crippen LogP contribution in [0.5, 0.6) is 0 Å². The van der Waals surface area contributed by atoms with Crippen LogP contribution >= 0.6 is 0 Å². The second-order valence-electron chi connectivity index (χ2n) is 4.18. The summed E-state index contributed by atoms with van der Waals surface area (Å²) in [5.41, 5.74) is 3.06. The van der Waals surface area contributed by atoms with E-state index in [4.69, 9.17) is 0 Å². The normalized spacial score (nSPS) is 35.9. The summed E-state index contributed by atoms with van der Waals surface area (Å²) in [5.74, 6) is 3.16. The monoisotopic (exact) mass is 158 g/mol. The van der Waals surface area contributed by atoms with E-state index >= 15 is 0 Å². The largest absolute Gasteiger partial charge is 0.0613 e. The summed E-state index contributed by atoms with van der Waals surface area (Å²) in [7, 11) is 0. The van der Waals surface area contributed by atoms with Crippen molar-refractivity contribution in [1.29, 1.82) is 0 Å². The van der Waals surface area contributed by atoms with Gasteiger partial charge in [0.1, 0.15) is 0 Å². The van der Waals surface area contributed by atoms with Crippen molar-refractivity contribution >= 4 is 0 Å². The van der Waals surface area contributed by atoms with E-state index in [9.17, 15) is 0 Å². The van der Waals surface area contributed by atoms with E-state index in [1.165, 1.54) is 12.0 Å². The van der Waals surface area contributed by atoms with Gasteiger partial charge in [0, 0.05) is 0 Å². The number of aryl methyl sites for hydroxylation is 1. The molecule has 1 aromatic rings. The molecule has 2 aliphatic rings. The molecule has 0 aromatic heterocycles. The predicted octanol–water partition coefficient (Wildman–Crippen LogP) is 2.98. The Hall–Kier alpha value is -0.780. The lowest BCUT2D eigenvalue weighted by molar-refractivity contribution is 0.778. The molecule has 0 aliphatic heterocycles. The minimum atomic E-state index is 0.968. The molecule has 0 bridgehead atoms. The molecule has 0 amide bonds. The summed E-state index contributed by atoms with van der Waals surface area (Å²) in [6.07, 6.45) is 2.68. The Balaban J connectivity index is 1.83. The van der Waals surface area contributed by atoms with Crippen molar-refractivity contribution in [2.75, 3.05) is 0 Å². The highest BCUT2D eigenvalue weighted by Gasteiger charge is 2.64. The van der Waals surface area contributed by atoms with Crippen LogP contribution in [0.3, 0.4) is 0 Å². The lowest BCUT2D eigenvalue weighted by Crippen LogP contribution is -1.88. The summed E-state index contributed by atoms with van der Waals surface area (Å²) < 4.78 is 0. The lowest BCUT2D eigenvalue weighted by Gasteiger charge is -2.04. The first kappa shape index (κ1) is 6.71. The molecule has 2 atom stereocenters. The summed E-state index contributed by atoms with van der Waals surface area (Å²) >= 11 is 0. The Morgan fingerprint density at radius 2 is 1.83 bits per heavy atom. The van der Waals surface area contributed by atoms with Crippen molar-refractivity contribution in [3.63, 3.8) is 0 Å². The van der Waals surface area contributed by atoms with Crippen LogP contribution in [0.1, 0.15) is 30.4 Å². The zero-order valence-corrected chi connectivity index (χ0v) is 7.46. The molecular formula is C12H14. The summed E-state index contributed by atoms with van der Waals surface area (Å²) in [4.78, 5) is 0. The van der Waals surface area contributed by atoms with Gasteiger partial charge in [-0.15, -0.1) is 0 Å². The Labute approximate surface area is 73.6 Å². The standard InChI is InChI=1S/C12H14/c1-2-8-3-5-9(6-4-8)12-10-7-11(10)12/h3-6,10-12H,2,7H2,1H3. The summed E-state index contributed by atoms with van der Waals surface area (Å²) in [6.45, 7) is 2.21. The first-order valence-electron chi connectivity index (χ1n) is 4.99. The van der Waals surface area contributed by atoms with Crippen LogP contribution in [-0.4, -0.2) is 0 Å². The molecule has 0 nitrogen and oxygen atoms in total. The molecule has 12 heavy (non-hydrogen) atoms. The van der Waals surface area contributed by atoms with Gasteiger partial charge in [0.15, 0.2) is 0 Å². The van der Waals surface area contributed by atoms with Crippen molar-refractivity contribution < 1.29 is 0 Å². The smallest absolute Gasteiger partial charge is 0.00993 e. The summed E-state index contributed by atoms with van der Waals surface area (Å²) in [6, 6.07) is 9.23. The molecule has 62 valence electrons. The van der Waals surface area contributed by atoms with Crippen molar-refractivity contribution in [2.45, 2.75) is 25.7 Å². The zero-order chi connectivity index (χ0) is 8.13. The van der Waals surface area contributed by atoms with Gasteiger partial charge in [0.05, 0.1) is 0 Å². The van der Waals surface area contributed by atoms with Gasteiger partial charge in [-0.25, -0.2) is 0 Å². The molecule has 0 heteroatoms. The number of hydrogen-bond donors (Lipinski definition) is 0. The van der Waals surface area contributed by atoms with Gasteiger partial charge >= 0.3 is 0 Å². The van der Waals surface area contributed by atoms with Crippen LogP contribution in [0.4, 0.5) is 0 Å². The molecule has 0 radical (unpaired) electrons. The Bertz CT molecular complexity index is 288. The molecule has 3 rings (SSSR count).